The predicted molar refractivity (Wildman–Crippen MR) is 77.6 cm³/mol. The van der Waals surface area contributed by atoms with Gasteiger partial charge in [-0.05, 0) is 26.8 Å². The Labute approximate surface area is 120 Å². The fourth-order valence-electron chi connectivity index (χ4n) is 2.91. The molecule has 4 nitrogen and oxygen atoms in total. The minimum atomic E-state index is 0.370. The van der Waals surface area contributed by atoms with Gasteiger partial charge in [-0.25, -0.2) is 0 Å². The number of ether oxygens (including phenoxy) is 1. The smallest absolute Gasteiger partial charge is 0.0847 e. The first kappa shape index (κ1) is 14.8. The van der Waals surface area contributed by atoms with Gasteiger partial charge in [0.15, 0.2) is 0 Å². The number of halogens is 1. The first-order valence-electron chi connectivity index (χ1n) is 7.05. The second-order valence-corrected chi connectivity index (χ2v) is 5.86. The molecule has 108 valence electrons. The van der Waals surface area contributed by atoms with Crippen LogP contribution in [0.3, 0.4) is 0 Å². The Balaban J connectivity index is 2.12. The fraction of sp³-hybridized carbons (Fsp3) is 0.786. The van der Waals surface area contributed by atoms with E-state index in [0.29, 0.717) is 18.1 Å². The zero-order valence-electron chi connectivity index (χ0n) is 12.2. The molecule has 0 radical (unpaired) electrons. The number of likely N-dealkylation sites (N-methyl/N-ethyl adjacent to an activating group) is 1. The van der Waals surface area contributed by atoms with Crippen molar-refractivity contribution in [3.63, 3.8) is 0 Å². The molecule has 1 saturated heterocycles. The molecule has 5 heteroatoms. The Morgan fingerprint density at radius 1 is 1.58 bits per heavy atom. The summed E-state index contributed by atoms with van der Waals surface area (Å²) in [5.41, 5.74) is 2.02. The summed E-state index contributed by atoms with van der Waals surface area (Å²) >= 11 is 6.35. The molecule has 19 heavy (non-hydrogen) atoms. The molecule has 2 rings (SSSR count). The fourth-order valence-corrected chi connectivity index (χ4v) is 3.15. The van der Waals surface area contributed by atoms with Crippen LogP contribution in [0.5, 0.6) is 0 Å². The van der Waals surface area contributed by atoms with Crippen LogP contribution >= 0.6 is 11.6 Å². The summed E-state index contributed by atoms with van der Waals surface area (Å²) in [7, 11) is 1.96. The van der Waals surface area contributed by atoms with E-state index in [1.54, 1.807) is 0 Å². The first-order valence-corrected chi connectivity index (χ1v) is 7.43. The highest BCUT2D eigenvalue weighted by atomic mass is 35.5. The van der Waals surface area contributed by atoms with Gasteiger partial charge in [-0.1, -0.05) is 18.5 Å². The third-order valence-corrected chi connectivity index (χ3v) is 4.43. The van der Waals surface area contributed by atoms with E-state index in [1.807, 2.05) is 18.7 Å². The van der Waals surface area contributed by atoms with Gasteiger partial charge in [-0.3, -0.25) is 4.68 Å². The highest BCUT2D eigenvalue weighted by molar-refractivity contribution is 6.31. The van der Waals surface area contributed by atoms with Crippen LogP contribution in [0, 0.1) is 12.8 Å². The normalized spacial score (nSPS) is 24.9. The van der Waals surface area contributed by atoms with E-state index in [2.05, 4.69) is 24.3 Å². The lowest BCUT2D eigenvalue weighted by Gasteiger charge is -2.23. The van der Waals surface area contributed by atoms with Gasteiger partial charge in [0.2, 0.25) is 0 Å². The van der Waals surface area contributed by atoms with Crippen molar-refractivity contribution in [2.45, 2.75) is 45.8 Å². The molecule has 0 saturated carbocycles. The number of aryl methyl sites for hydroxylation is 2. The Kier molecular flexibility index (Phi) is 4.87. The summed E-state index contributed by atoms with van der Waals surface area (Å²) in [6, 6.07) is 0.405. The van der Waals surface area contributed by atoms with Crippen molar-refractivity contribution in [2.24, 2.45) is 13.0 Å². The van der Waals surface area contributed by atoms with Crippen molar-refractivity contribution in [2.75, 3.05) is 13.2 Å². The van der Waals surface area contributed by atoms with Crippen LogP contribution in [0.15, 0.2) is 0 Å². The Hall–Kier alpha value is -0.580. The zero-order chi connectivity index (χ0) is 14.0. The quantitative estimate of drug-likeness (QED) is 0.902. The van der Waals surface area contributed by atoms with Crippen LogP contribution in [0.1, 0.15) is 31.7 Å². The molecule has 2 heterocycles. The average molecular weight is 286 g/mol. The van der Waals surface area contributed by atoms with Gasteiger partial charge >= 0.3 is 0 Å². The lowest BCUT2D eigenvalue weighted by molar-refractivity contribution is 0.117. The number of rotatable bonds is 5. The molecule has 0 aliphatic carbocycles. The second kappa shape index (κ2) is 6.25. The SMILES string of the molecule is CCNC(Cc1c(Cl)c(C)nn1C)C1COC(C)C1. The van der Waals surface area contributed by atoms with Gasteiger partial charge in [0.1, 0.15) is 0 Å². The summed E-state index contributed by atoms with van der Waals surface area (Å²) in [6.45, 7) is 8.04. The summed E-state index contributed by atoms with van der Waals surface area (Å²) < 4.78 is 7.60. The minimum Gasteiger partial charge on any atom is -0.378 e. The van der Waals surface area contributed by atoms with E-state index in [0.717, 1.165) is 42.4 Å². The molecule has 0 aromatic carbocycles. The molecule has 0 bridgehead atoms. The predicted octanol–water partition coefficient (Wildman–Crippen LogP) is 2.33. The topological polar surface area (TPSA) is 39.1 Å². The Morgan fingerprint density at radius 2 is 2.32 bits per heavy atom. The second-order valence-electron chi connectivity index (χ2n) is 5.48. The molecular formula is C14H24ClN3O. The van der Waals surface area contributed by atoms with Gasteiger partial charge in [0, 0.05) is 25.4 Å². The molecule has 1 N–H and O–H groups in total. The maximum atomic E-state index is 6.35. The van der Waals surface area contributed by atoms with Gasteiger partial charge in [0.05, 0.1) is 29.1 Å². The van der Waals surface area contributed by atoms with Gasteiger partial charge in [0.25, 0.3) is 0 Å². The molecule has 1 aliphatic heterocycles. The molecule has 1 aliphatic rings. The number of nitrogens with zero attached hydrogens (tertiary/aromatic N) is 2. The maximum absolute atomic E-state index is 6.35. The monoisotopic (exact) mass is 285 g/mol. The lowest BCUT2D eigenvalue weighted by Crippen LogP contribution is -2.39. The Bertz CT molecular complexity index is 433. The third-order valence-electron chi connectivity index (χ3n) is 3.94. The molecule has 0 amide bonds. The third kappa shape index (κ3) is 3.30. The van der Waals surface area contributed by atoms with Gasteiger partial charge < -0.3 is 10.1 Å². The van der Waals surface area contributed by atoms with Crippen LogP contribution in [-0.4, -0.2) is 35.1 Å². The van der Waals surface area contributed by atoms with Crippen LogP contribution in [-0.2, 0) is 18.2 Å². The lowest BCUT2D eigenvalue weighted by atomic mass is 9.93. The number of hydrogen-bond acceptors (Lipinski definition) is 3. The van der Waals surface area contributed by atoms with Crippen molar-refractivity contribution in [1.29, 1.82) is 0 Å². The number of hydrogen-bond donors (Lipinski definition) is 1. The standard InChI is InChI=1S/C14H24ClN3O/c1-5-16-12(11-6-9(2)19-8-11)7-13-14(15)10(3)17-18(13)4/h9,11-12,16H,5-8H2,1-4H3. The molecular weight excluding hydrogens is 262 g/mol. The molecule has 3 atom stereocenters. The van der Waals surface area contributed by atoms with E-state index in [4.69, 9.17) is 16.3 Å². The van der Waals surface area contributed by atoms with Crippen molar-refractivity contribution in [1.82, 2.24) is 15.1 Å². The van der Waals surface area contributed by atoms with E-state index < -0.39 is 0 Å². The van der Waals surface area contributed by atoms with Crippen LogP contribution in [0.2, 0.25) is 5.02 Å². The van der Waals surface area contributed by atoms with E-state index in [1.165, 1.54) is 0 Å². The summed E-state index contributed by atoms with van der Waals surface area (Å²) in [6.07, 6.45) is 2.39. The van der Waals surface area contributed by atoms with E-state index in [9.17, 15) is 0 Å². The summed E-state index contributed by atoms with van der Waals surface area (Å²) in [5.74, 6) is 0.557. The van der Waals surface area contributed by atoms with Crippen LogP contribution in [0.4, 0.5) is 0 Å². The number of aromatic nitrogens is 2. The highest BCUT2D eigenvalue weighted by Crippen LogP contribution is 2.27. The van der Waals surface area contributed by atoms with Crippen molar-refractivity contribution in [3.05, 3.63) is 16.4 Å². The van der Waals surface area contributed by atoms with E-state index >= 15 is 0 Å². The van der Waals surface area contributed by atoms with Crippen LogP contribution < -0.4 is 5.32 Å². The van der Waals surface area contributed by atoms with E-state index in [-0.39, 0.29) is 0 Å². The van der Waals surface area contributed by atoms with Crippen molar-refractivity contribution < 1.29 is 4.74 Å². The minimum absolute atomic E-state index is 0.370. The maximum Gasteiger partial charge on any atom is 0.0847 e. The largest absolute Gasteiger partial charge is 0.378 e. The molecule has 3 unspecified atom stereocenters. The van der Waals surface area contributed by atoms with Crippen LogP contribution in [0.25, 0.3) is 0 Å². The van der Waals surface area contributed by atoms with Gasteiger partial charge in [-0.15, -0.1) is 0 Å². The van der Waals surface area contributed by atoms with Crippen molar-refractivity contribution in [3.8, 4) is 0 Å². The summed E-state index contributed by atoms with van der Waals surface area (Å²) in [5, 5.41) is 8.77. The Morgan fingerprint density at radius 3 is 2.79 bits per heavy atom. The summed E-state index contributed by atoms with van der Waals surface area (Å²) in [4.78, 5) is 0. The number of nitrogens with one attached hydrogen (secondary N) is 1. The average Bonchev–Trinajstić information content (AvgIpc) is 2.88. The highest BCUT2D eigenvalue weighted by Gasteiger charge is 2.30. The molecule has 0 spiro atoms. The zero-order valence-corrected chi connectivity index (χ0v) is 13.0. The molecule has 1 aromatic heterocycles. The van der Waals surface area contributed by atoms with Crippen molar-refractivity contribution >= 4 is 11.6 Å². The van der Waals surface area contributed by atoms with Gasteiger partial charge in [-0.2, -0.15) is 5.10 Å². The first-order chi connectivity index (χ1) is 9.02. The molecule has 1 aromatic rings. The molecule has 1 fully saturated rings.